The highest BCUT2D eigenvalue weighted by Gasteiger charge is 2.16. The monoisotopic (exact) mass is 277 g/mol. The second-order valence-electron chi connectivity index (χ2n) is 5.12. The number of hydrogen-bond donors (Lipinski definition) is 2. The predicted octanol–water partition coefficient (Wildman–Crippen LogP) is 3.35. The summed E-state index contributed by atoms with van der Waals surface area (Å²) in [6, 6.07) is 18.6. The molecule has 3 nitrogen and oxygen atoms in total. The number of aromatic nitrogens is 1. The van der Waals surface area contributed by atoms with E-state index in [2.05, 4.69) is 53.7 Å². The van der Waals surface area contributed by atoms with Crippen molar-refractivity contribution >= 4 is 10.8 Å². The number of pyridine rings is 1. The average Bonchev–Trinajstić information content (AvgIpc) is 2.56. The van der Waals surface area contributed by atoms with Crippen LogP contribution in [-0.2, 0) is 6.42 Å². The first-order chi connectivity index (χ1) is 10.3. The topological polar surface area (TPSA) is 50.9 Å². The van der Waals surface area contributed by atoms with E-state index in [1.807, 2.05) is 24.4 Å². The lowest BCUT2D eigenvalue weighted by atomic mass is 9.97. The van der Waals surface area contributed by atoms with Gasteiger partial charge in [0, 0.05) is 11.6 Å². The van der Waals surface area contributed by atoms with Gasteiger partial charge < -0.3 is 0 Å². The van der Waals surface area contributed by atoms with Crippen molar-refractivity contribution in [2.75, 3.05) is 0 Å². The molecule has 0 aliphatic heterocycles. The quantitative estimate of drug-likeness (QED) is 0.568. The Morgan fingerprint density at radius 2 is 1.95 bits per heavy atom. The molecule has 0 fully saturated rings. The van der Waals surface area contributed by atoms with Gasteiger partial charge in [0.1, 0.15) is 0 Å². The molecule has 3 rings (SSSR count). The third-order valence-corrected chi connectivity index (χ3v) is 3.84. The van der Waals surface area contributed by atoms with Gasteiger partial charge in [-0.2, -0.15) is 0 Å². The second kappa shape index (κ2) is 6.04. The van der Waals surface area contributed by atoms with Crippen LogP contribution in [0.5, 0.6) is 0 Å². The van der Waals surface area contributed by atoms with E-state index in [1.165, 1.54) is 10.9 Å². The molecule has 106 valence electrons. The van der Waals surface area contributed by atoms with E-state index in [4.69, 9.17) is 5.84 Å². The summed E-state index contributed by atoms with van der Waals surface area (Å²) in [5, 5.41) is 2.30. The molecule has 2 aromatic carbocycles. The van der Waals surface area contributed by atoms with E-state index >= 15 is 0 Å². The van der Waals surface area contributed by atoms with E-state index < -0.39 is 0 Å². The first-order valence-corrected chi connectivity index (χ1v) is 7.22. The van der Waals surface area contributed by atoms with Crippen LogP contribution < -0.4 is 11.3 Å². The van der Waals surface area contributed by atoms with Crippen LogP contribution in [-0.4, -0.2) is 4.98 Å². The second-order valence-corrected chi connectivity index (χ2v) is 5.12. The van der Waals surface area contributed by atoms with Gasteiger partial charge in [0.25, 0.3) is 0 Å². The van der Waals surface area contributed by atoms with Crippen LogP contribution >= 0.6 is 0 Å². The van der Waals surface area contributed by atoms with Crippen molar-refractivity contribution in [2.24, 2.45) is 5.84 Å². The number of nitrogens with one attached hydrogen (secondary N) is 1. The standard InChI is InChI=1S/C18H19N3/c1-2-13-6-5-8-15(12-13)17(21-19)18-16-9-4-3-7-14(16)10-11-20-18/h3-12,17,21H,2,19H2,1H3. The maximum atomic E-state index is 5.83. The van der Waals surface area contributed by atoms with Crippen LogP contribution in [0.3, 0.4) is 0 Å². The number of hydrogen-bond acceptors (Lipinski definition) is 3. The van der Waals surface area contributed by atoms with Crippen LogP contribution in [0.15, 0.2) is 60.8 Å². The Morgan fingerprint density at radius 1 is 1.10 bits per heavy atom. The third-order valence-electron chi connectivity index (χ3n) is 3.84. The lowest BCUT2D eigenvalue weighted by molar-refractivity contribution is 0.625. The van der Waals surface area contributed by atoms with Gasteiger partial charge in [-0.1, -0.05) is 55.5 Å². The van der Waals surface area contributed by atoms with Crippen LogP contribution in [0.4, 0.5) is 0 Å². The Labute approximate surface area is 124 Å². The highest BCUT2D eigenvalue weighted by Crippen LogP contribution is 2.27. The van der Waals surface area contributed by atoms with Crippen molar-refractivity contribution in [2.45, 2.75) is 19.4 Å². The molecule has 3 N–H and O–H groups in total. The number of benzene rings is 2. The van der Waals surface area contributed by atoms with Crippen molar-refractivity contribution in [3.05, 3.63) is 77.6 Å². The van der Waals surface area contributed by atoms with Gasteiger partial charge in [-0.3, -0.25) is 10.8 Å². The Bertz CT molecular complexity index is 747. The third kappa shape index (κ3) is 2.66. The Kier molecular flexibility index (Phi) is 3.95. The molecule has 0 bridgehead atoms. The fraction of sp³-hybridized carbons (Fsp3) is 0.167. The van der Waals surface area contributed by atoms with Gasteiger partial charge in [0.05, 0.1) is 11.7 Å². The molecule has 3 heteroatoms. The number of nitrogens with zero attached hydrogens (tertiary/aromatic N) is 1. The predicted molar refractivity (Wildman–Crippen MR) is 86.7 cm³/mol. The molecule has 0 amide bonds. The van der Waals surface area contributed by atoms with Crippen molar-refractivity contribution < 1.29 is 0 Å². The van der Waals surface area contributed by atoms with Gasteiger partial charge in [0.2, 0.25) is 0 Å². The van der Waals surface area contributed by atoms with E-state index in [1.54, 1.807) is 0 Å². The van der Waals surface area contributed by atoms with E-state index in [0.29, 0.717) is 0 Å². The van der Waals surface area contributed by atoms with Crippen LogP contribution in [0.2, 0.25) is 0 Å². The van der Waals surface area contributed by atoms with Gasteiger partial charge in [-0.15, -0.1) is 0 Å². The Hall–Kier alpha value is -2.23. The minimum atomic E-state index is -0.109. The van der Waals surface area contributed by atoms with Gasteiger partial charge in [0.15, 0.2) is 0 Å². The summed E-state index contributed by atoms with van der Waals surface area (Å²) in [4.78, 5) is 4.57. The average molecular weight is 277 g/mol. The van der Waals surface area contributed by atoms with Crippen LogP contribution in [0.25, 0.3) is 10.8 Å². The maximum absolute atomic E-state index is 5.83. The Morgan fingerprint density at radius 3 is 2.76 bits per heavy atom. The fourth-order valence-corrected chi connectivity index (χ4v) is 2.70. The lowest BCUT2D eigenvalue weighted by Gasteiger charge is -2.18. The van der Waals surface area contributed by atoms with Gasteiger partial charge in [-0.25, -0.2) is 5.43 Å². The molecule has 0 saturated heterocycles. The summed E-state index contributed by atoms with van der Waals surface area (Å²) in [6.45, 7) is 2.15. The zero-order valence-electron chi connectivity index (χ0n) is 12.1. The number of nitrogens with two attached hydrogens (primary N) is 1. The van der Waals surface area contributed by atoms with E-state index in [0.717, 1.165) is 23.1 Å². The van der Waals surface area contributed by atoms with Crippen molar-refractivity contribution in [3.63, 3.8) is 0 Å². The molecule has 1 heterocycles. The normalized spacial score (nSPS) is 12.5. The van der Waals surface area contributed by atoms with Crippen molar-refractivity contribution in [3.8, 4) is 0 Å². The molecule has 0 spiro atoms. The van der Waals surface area contributed by atoms with Crippen LogP contribution in [0.1, 0.15) is 29.8 Å². The van der Waals surface area contributed by atoms with Crippen molar-refractivity contribution in [1.29, 1.82) is 0 Å². The zero-order chi connectivity index (χ0) is 14.7. The number of hydrazine groups is 1. The van der Waals surface area contributed by atoms with E-state index in [9.17, 15) is 0 Å². The molecule has 0 aliphatic rings. The molecular weight excluding hydrogens is 258 g/mol. The summed E-state index contributed by atoms with van der Waals surface area (Å²) in [5.41, 5.74) is 6.32. The number of aryl methyl sites for hydroxylation is 1. The molecule has 0 radical (unpaired) electrons. The van der Waals surface area contributed by atoms with Gasteiger partial charge >= 0.3 is 0 Å². The summed E-state index contributed by atoms with van der Waals surface area (Å²) in [6.07, 6.45) is 2.85. The Balaban J connectivity index is 2.13. The SMILES string of the molecule is CCc1cccc(C(NN)c2nccc3ccccc23)c1. The van der Waals surface area contributed by atoms with E-state index in [-0.39, 0.29) is 6.04 Å². The van der Waals surface area contributed by atoms with Gasteiger partial charge in [-0.05, 0) is 29.0 Å². The highest BCUT2D eigenvalue weighted by atomic mass is 15.2. The molecule has 0 saturated carbocycles. The van der Waals surface area contributed by atoms with Crippen molar-refractivity contribution in [1.82, 2.24) is 10.4 Å². The zero-order valence-corrected chi connectivity index (χ0v) is 12.1. The molecule has 0 aliphatic carbocycles. The molecule has 1 unspecified atom stereocenters. The summed E-state index contributed by atoms with van der Waals surface area (Å²) in [7, 11) is 0. The maximum Gasteiger partial charge on any atom is 0.0887 e. The number of rotatable bonds is 4. The molecule has 1 aromatic heterocycles. The highest BCUT2D eigenvalue weighted by molar-refractivity contribution is 5.85. The minimum absolute atomic E-state index is 0.109. The fourth-order valence-electron chi connectivity index (χ4n) is 2.70. The molecule has 3 aromatic rings. The lowest BCUT2D eigenvalue weighted by Crippen LogP contribution is -2.29. The minimum Gasteiger partial charge on any atom is -0.271 e. The van der Waals surface area contributed by atoms with Crippen LogP contribution in [0, 0.1) is 0 Å². The first kappa shape index (κ1) is 13.7. The summed E-state index contributed by atoms with van der Waals surface area (Å²) < 4.78 is 0. The molecular formula is C18H19N3. The number of fused-ring (bicyclic) bond motifs is 1. The smallest absolute Gasteiger partial charge is 0.0887 e. The first-order valence-electron chi connectivity index (χ1n) is 7.22. The summed E-state index contributed by atoms with van der Waals surface area (Å²) in [5.74, 6) is 5.83. The molecule has 21 heavy (non-hydrogen) atoms. The summed E-state index contributed by atoms with van der Waals surface area (Å²) >= 11 is 0. The molecule has 1 atom stereocenters. The largest absolute Gasteiger partial charge is 0.271 e.